The molecule has 6 rings (SSSR count). The maximum Gasteiger partial charge on any atom is 0.246 e. The predicted octanol–water partition coefficient (Wildman–Crippen LogP) is 7.53. The van der Waals surface area contributed by atoms with Crippen molar-refractivity contribution in [2.75, 3.05) is 26.9 Å². The van der Waals surface area contributed by atoms with Gasteiger partial charge in [0.1, 0.15) is 29.6 Å². The summed E-state index contributed by atoms with van der Waals surface area (Å²) in [5, 5.41) is 7.64. The molecule has 1 aliphatic rings. The zero-order valence-corrected chi connectivity index (χ0v) is 27.4. The summed E-state index contributed by atoms with van der Waals surface area (Å²) in [5.41, 5.74) is 5.39. The van der Waals surface area contributed by atoms with E-state index in [0.717, 1.165) is 38.5 Å². The fourth-order valence-electron chi connectivity index (χ4n) is 6.02. The number of carbonyl (C=O) groups is 1. The van der Waals surface area contributed by atoms with Gasteiger partial charge in [0.05, 0.1) is 59.8 Å². The molecule has 5 heterocycles. The zero-order valence-electron chi connectivity index (χ0n) is 26.5. The minimum Gasteiger partial charge on any atom is -0.491 e. The number of fused-ring (bicyclic) bond motifs is 3. The van der Waals surface area contributed by atoms with Gasteiger partial charge in [-0.1, -0.05) is 12.6 Å². The van der Waals surface area contributed by atoms with Crippen LogP contribution in [-0.4, -0.2) is 62.0 Å². The molecule has 5 aromatic rings. The maximum absolute atomic E-state index is 16.2. The van der Waals surface area contributed by atoms with Crippen LogP contribution in [0, 0.1) is 0 Å². The number of halogens is 2. The second-order valence-electron chi connectivity index (χ2n) is 11.0. The molecule has 1 aliphatic heterocycles. The number of hydrogen-bond acceptors (Lipinski definition) is 7. The number of amides is 1. The first-order valence-electron chi connectivity index (χ1n) is 15.1. The Labute approximate surface area is 274 Å². The normalized spacial score (nSPS) is 15.8. The molecule has 0 unspecified atom stereocenters. The van der Waals surface area contributed by atoms with E-state index in [1.165, 1.54) is 17.4 Å². The van der Waals surface area contributed by atoms with Crippen LogP contribution in [0.4, 0.5) is 8.78 Å². The van der Waals surface area contributed by atoms with Gasteiger partial charge in [-0.3, -0.25) is 9.48 Å². The number of nitrogens with zero attached hydrogens (tertiary/aromatic N) is 6. The molecule has 0 spiro atoms. The summed E-state index contributed by atoms with van der Waals surface area (Å²) < 4.78 is 45.5. The number of ether oxygens (including phenoxy) is 2. The van der Waals surface area contributed by atoms with Gasteiger partial charge in [0.25, 0.3) is 0 Å². The molecule has 0 bridgehead atoms. The van der Waals surface area contributed by atoms with Gasteiger partial charge in [0.2, 0.25) is 5.91 Å². The van der Waals surface area contributed by atoms with E-state index in [0.29, 0.717) is 35.7 Å². The van der Waals surface area contributed by atoms with Crippen molar-refractivity contribution in [2.24, 2.45) is 7.05 Å². The van der Waals surface area contributed by atoms with Crippen molar-refractivity contribution in [3.05, 3.63) is 96.0 Å². The smallest absolute Gasteiger partial charge is 0.246 e. The van der Waals surface area contributed by atoms with Crippen molar-refractivity contribution in [1.82, 2.24) is 29.2 Å². The lowest BCUT2D eigenvalue weighted by Gasteiger charge is -2.33. The molecule has 1 aromatic carbocycles. The third kappa shape index (κ3) is 5.79. The molecule has 47 heavy (non-hydrogen) atoms. The molecule has 1 amide bonds. The third-order valence-corrected chi connectivity index (χ3v) is 9.25. The summed E-state index contributed by atoms with van der Waals surface area (Å²) >= 11 is 1.42. The van der Waals surface area contributed by atoms with Crippen molar-refractivity contribution < 1.29 is 23.0 Å². The highest BCUT2D eigenvalue weighted by atomic mass is 32.1. The van der Waals surface area contributed by atoms with E-state index in [-0.39, 0.29) is 42.8 Å². The summed E-state index contributed by atoms with van der Waals surface area (Å²) in [6, 6.07) is 9.49. The first kappa shape index (κ1) is 32.0. The largest absolute Gasteiger partial charge is 0.491 e. The molecule has 0 N–H and O–H groups in total. The van der Waals surface area contributed by atoms with E-state index in [1.807, 2.05) is 58.9 Å². The van der Waals surface area contributed by atoms with Crippen molar-refractivity contribution in [2.45, 2.75) is 26.4 Å². The molecule has 0 saturated carbocycles. The van der Waals surface area contributed by atoms with Gasteiger partial charge in [-0.2, -0.15) is 5.10 Å². The number of carbonyl (C=O) groups excluding carboxylic acids is 1. The average molecular weight is 657 g/mol. The highest BCUT2D eigenvalue weighted by Crippen LogP contribution is 2.45. The van der Waals surface area contributed by atoms with Gasteiger partial charge in [-0.25, -0.2) is 18.7 Å². The fraction of sp³-hybridized carbons (Fsp3) is 0.257. The highest BCUT2D eigenvalue weighted by Gasteiger charge is 2.31. The van der Waals surface area contributed by atoms with Crippen LogP contribution in [0.25, 0.3) is 49.3 Å². The molecular formula is C35H34F2N6O3S. The number of allylic oxidation sites excluding steroid dienone is 4. The van der Waals surface area contributed by atoms with E-state index >= 15 is 4.39 Å². The Kier molecular flexibility index (Phi) is 9.15. The molecule has 9 nitrogen and oxygen atoms in total. The summed E-state index contributed by atoms with van der Waals surface area (Å²) in [7, 11) is 3.48. The van der Waals surface area contributed by atoms with Gasteiger partial charge in [-0.05, 0) is 55.6 Å². The highest BCUT2D eigenvalue weighted by molar-refractivity contribution is 7.17. The number of rotatable bonds is 10. The lowest BCUT2D eigenvalue weighted by atomic mass is 9.95. The van der Waals surface area contributed by atoms with Crippen molar-refractivity contribution >= 4 is 43.9 Å². The standard InChI is InChI=1S/C35H34F2N6O3S/c1-6-29(46-16-15-45-5)31(24(37)10-12-36)32-34(26-19-28-21(3)42(30(44)7-2)13-14-43(28)40-26)39-33(23-11-17-47-35(23)32)22-8-9-27-25(18-22)38-20-41(27)4/h6-12,17-21H,2,13-16H2,1,3-5H3/b12-10+,29-6+,31-24-/t21-/m0/s1. The number of benzene rings is 1. The molecule has 242 valence electrons. The number of pyridine rings is 1. The van der Waals surface area contributed by atoms with Crippen LogP contribution in [0.2, 0.25) is 0 Å². The molecule has 0 fully saturated rings. The van der Waals surface area contributed by atoms with Gasteiger partial charge in [0.15, 0.2) is 0 Å². The Hall–Kier alpha value is -4.94. The Morgan fingerprint density at radius 2 is 2.02 bits per heavy atom. The second kappa shape index (κ2) is 13.4. The SMILES string of the molecule is C=CC(=O)N1CCn2nc(-c3nc(-c4ccc5c(c4)ncn5C)c4ccsc4c3C(/C(=C\C)OCCOC)=C(F)/C=C/F)cc2[C@@H]1C. The lowest BCUT2D eigenvalue weighted by molar-refractivity contribution is -0.129. The van der Waals surface area contributed by atoms with Gasteiger partial charge < -0.3 is 18.9 Å². The number of aromatic nitrogens is 5. The molecule has 0 aliphatic carbocycles. The second-order valence-corrected chi connectivity index (χ2v) is 11.9. The summed E-state index contributed by atoms with van der Waals surface area (Å²) in [6.45, 7) is 8.64. The summed E-state index contributed by atoms with van der Waals surface area (Å²) in [6.07, 6.45) is 5.63. The number of hydrogen-bond donors (Lipinski definition) is 0. The van der Waals surface area contributed by atoms with E-state index in [4.69, 9.17) is 19.6 Å². The Balaban J connectivity index is 1.65. The van der Waals surface area contributed by atoms with E-state index < -0.39 is 5.83 Å². The van der Waals surface area contributed by atoms with Crippen LogP contribution in [0.3, 0.4) is 0 Å². The van der Waals surface area contributed by atoms with Crippen LogP contribution in [0.1, 0.15) is 31.1 Å². The van der Waals surface area contributed by atoms with E-state index in [1.54, 1.807) is 31.3 Å². The van der Waals surface area contributed by atoms with E-state index in [2.05, 4.69) is 11.6 Å². The van der Waals surface area contributed by atoms with Crippen LogP contribution < -0.4 is 0 Å². The molecule has 4 aromatic heterocycles. The minimum absolute atomic E-state index is 0.0432. The Morgan fingerprint density at radius 1 is 1.19 bits per heavy atom. The minimum atomic E-state index is -0.835. The monoisotopic (exact) mass is 656 g/mol. The first-order chi connectivity index (χ1) is 22.8. The van der Waals surface area contributed by atoms with Crippen LogP contribution in [-0.2, 0) is 27.9 Å². The molecule has 1 atom stereocenters. The third-order valence-electron chi connectivity index (χ3n) is 8.32. The van der Waals surface area contributed by atoms with Crippen LogP contribution >= 0.6 is 11.3 Å². The van der Waals surface area contributed by atoms with Crippen LogP contribution in [0.5, 0.6) is 0 Å². The van der Waals surface area contributed by atoms with Gasteiger partial charge in [0, 0.05) is 48.0 Å². The molecule has 12 heteroatoms. The summed E-state index contributed by atoms with van der Waals surface area (Å²) in [4.78, 5) is 24.1. The molecular weight excluding hydrogens is 622 g/mol. The molecule has 0 radical (unpaired) electrons. The number of methoxy groups -OCH3 is 1. The van der Waals surface area contributed by atoms with Crippen molar-refractivity contribution in [3.8, 4) is 22.6 Å². The maximum atomic E-state index is 16.2. The fourth-order valence-corrected chi connectivity index (χ4v) is 6.96. The van der Waals surface area contributed by atoms with E-state index in [9.17, 15) is 9.18 Å². The average Bonchev–Trinajstić information content (AvgIpc) is 3.83. The van der Waals surface area contributed by atoms with Crippen LogP contribution in [0.15, 0.2) is 84.8 Å². The Bertz CT molecular complexity index is 2090. The summed E-state index contributed by atoms with van der Waals surface area (Å²) in [5.74, 6) is -0.801. The quantitative estimate of drug-likeness (QED) is 0.0669. The lowest BCUT2D eigenvalue weighted by Crippen LogP contribution is -2.40. The van der Waals surface area contributed by atoms with Gasteiger partial charge in [-0.15, -0.1) is 11.3 Å². The Morgan fingerprint density at radius 3 is 2.77 bits per heavy atom. The number of imidazole rings is 1. The van der Waals surface area contributed by atoms with Crippen molar-refractivity contribution in [1.29, 1.82) is 0 Å². The number of aryl methyl sites for hydroxylation is 1. The zero-order chi connectivity index (χ0) is 33.2. The van der Waals surface area contributed by atoms with Gasteiger partial charge >= 0.3 is 0 Å². The topological polar surface area (TPSA) is 87.3 Å². The first-order valence-corrected chi connectivity index (χ1v) is 16.0. The number of thiophene rings is 1. The van der Waals surface area contributed by atoms with Crippen molar-refractivity contribution in [3.63, 3.8) is 0 Å². The molecule has 0 saturated heterocycles. The predicted molar refractivity (Wildman–Crippen MR) is 181 cm³/mol.